The lowest BCUT2D eigenvalue weighted by atomic mass is 9.87. The van der Waals surface area contributed by atoms with Crippen LogP contribution in [-0.4, -0.2) is 18.3 Å². The molecule has 2 unspecified atom stereocenters. The van der Waals surface area contributed by atoms with E-state index in [0.717, 1.165) is 17.9 Å². The summed E-state index contributed by atoms with van der Waals surface area (Å²) in [6.07, 6.45) is 1.96. The minimum Gasteiger partial charge on any atom is -0.396 e. The zero-order chi connectivity index (χ0) is 12.0. The Morgan fingerprint density at radius 1 is 1.44 bits per heavy atom. The Balaban J connectivity index is 2.74. The van der Waals surface area contributed by atoms with Gasteiger partial charge in [0.25, 0.3) is 0 Å². The maximum atomic E-state index is 9.17. The van der Waals surface area contributed by atoms with Crippen LogP contribution in [0.25, 0.3) is 0 Å². The molecule has 16 heavy (non-hydrogen) atoms. The maximum absolute atomic E-state index is 9.17. The van der Waals surface area contributed by atoms with Crippen LogP contribution < -0.4 is 5.73 Å². The quantitative estimate of drug-likeness (QED) is 0.805. The molecule has 2 nitrogen and oxygen atoms in total. The van der Waals surface area contributed by atoms with Gasteiger partial charge in [-0.15, -0.1) is 0 Å². The van der Waals surface area contributed by atoms with E-state index < -0.39 is 0 Å². The van der Waals surface area contributed by atoms with E-state index in [2.05, 4.69) is 13.0 Å². The number of aliphatic hydroxyl groups excluding tert-OH is 1. The zero-order valence-corrected chi connectivity index (χ0v) is 10.5. The summed E-state index contributed by atoms with van der Waals surface area (Å²) in [5.74, 6) is 0.614. The molecule has 1 aromatic carbocycles. The highest BCUT2D eigenvalue weighted by molar-refractivity contribution is 6.30. The van der Waals surface area contributed by atoms with Crippen molar-refractivity contribution in [3.05, 3.63) is 34.9 Å². The van der Waals surface area contributed by atoms with E-state index in [0.29, 0.717) is 12.5 Å². The summed E-state index contributed by atoms with van der Waals surface area (Å²) in [7, 11) is 0. The molecule has 3 N–H and O–H groups in total. The van der Waals surface area contributed by atoms with Crippen LogP contribution in [-0.2, 0) is 0 Å². The molecule has 0 heterocycles. The number of benzene rings is 1. The van der Waals surface area contributed by atoms with E-state index in [1.807, 2.05) is 18.2 Å². The van der Waals surface area contributed by atoms with Gasteiger partial charge in [-0.3, -0.25) is 0 Å². The molecule has 0 aromatic heterocycles. The lowest BCUT2D eigenvalue weighted by Crippen LogP contribution is -2.20. The number of rotatable bonds is 6. The minimum absolute atomic E-state index is 0.160. The fourth-order valence-electron chi connectivity index (χ4n) is 1.95. The molecule has 90 valence electrons. The summed E-state index contributed by atoms with van der Waals surface area (Å²) in [5, 5.41) is 9.93. The van der Waals surface area contributed by atoms with E-state index in [1.54, 1.807) is 0 Å². The van der Waals surface area contributed by atoms with E-state index in [-0.39, 0.29) is 12.5 Å². The summed E-state index contributed by atoms with van der Waals surface area (Å²) >= 11 is 5.98. The van der Waals surface area contributed by atoms with Crippen molar-refractivity contribution in [1.29, 1.82) is 0 Å². The largest absolute Gasteiger partial charge is 0.396 e. The second-order valence-electron chi connectivity index (χ2n) is 4.18. The predicted molar refractivity (Wildman–Crippen MR) is 68.7 cm³/mol. The molecular weight excluding hydrogens is 222 g/mol. The Hall–Kier alpha value is -0.570. The molecule has 1 rings (SSSR count). The monoisotopic (exact) mass is 241 g/mol. The van der Waals surface area contributed by atoms with Crippen LogP contribution in [0.2, 0.25) is 5.02 Å². The lowest BCUT2D eigenvalue weighted by Gasteiger charge is -2.20. The van der Waals surface area contributed by atoms with Crippen LogP contribution in [0.3, 0.4) is 0 Å². The standard InChI is InChI=1S/C13H20ClNO/c1-2-11(6-10(8-15)9-16)12-4-3-5-13(14)7-12/h3-5,7,10-11,16H,2,6,8-9,15H2,1H3. The molecule has 0 radical (unpaired) electrons. The minimum atomic E-state index is 0.160. The Kier molecular flexibility index (Phi) is 5.81. The third kappa shape index (κ3) is 3.78. The zero-order valence-electron chi connectivity index (χ0n) is 9.70. The van der Waals surface area contributed by atoms with Gasteiger partial charge in [0.2, 0.25) is 0 Å². The molecule has 0 amide bonds. The highest BCUT2D eigenvalue weighted by Crippen LogP contribution is 2.28. The first kappa shape index (κ1) is 13.5. The fraction of sp³-hybridized carbons (Fsp3) is 0.538. The lowest BCUT2D eigenvalue weighted by molar-refractivity contribution is 0.214. The third-order valence-corrected chi connectivity index (χ3v) is 3.26. The molecule has 0 saturated heterocycles. The summed E-state index contributed by atoms with van der Waals surface area (Å²) < 4.78 is 0. The normalized spacial score (nSPS) is 14.8. The molecule has 3 heteroatoms. The van der Waals surface area contributed by atoms with Crippen molar-refractivity contribution in [1.82, 2.24) is 0 Å². The van der Waals surface area contributed by atoms with E-state index in [9.17, 15) is 0 Å². The van der Waals surface area contributed by atoms with Gasteiger partial charge in [0.15, 0.2) is 0 Å². The van der Waals surface area contributed by atoms with Crippen LogP contribution in [0.4, 0.5) is 0 Å². The van der Waals surface area contributed by atoms with Crippen molar-refractivity contribution in [2.24, 2.45) is 11.7 Å². The number of hydrogen-bond acceptors (Lipinski definition) is 2. The molecule has 2 atom stereocenters. The number of nitrogens with two attached hydrogens (primary N) is 1. The van der Waals surface area contributed by atoms with E-state index >= 15 is 0 Å². The van der Waals surface area contributed by atoms with Crippen molar-refractivity contribution in [2.75, 3.05) is 13.2 Å². The van der Waals surface area contributed by atoms with Gasteiger partial charge in [-0.1, -0.05) is 30.7 Å². The number of halogens is 1. The van der Waals surface area contributed by atoms with Crippen LogP contribution in [0.1, 0.15) is 31.2 Å². The second kappa shape index (κ2) is 6.89. The molecule has 0 aliphatic rings. The Morgan fingerprint density at radius 3 is 2.69 bits per heavy atom. The van der Waals surface area contributed by atoms with Crippen molar-refractivity contribution in [2.45, 2.75) is 25.7 Å². The first-order valence-corrected chi connectivity index (χ1v) is 6.15. The molecule has 0 bridgehead atoms. The molecule has 0 fully saturated rings. The van der Waals surface area contributed by atoms with Crippen molar-refractivity contribution in [3.8, 4) is 0 Å². The van der Waals surface area contributed by atoms with Crippen LogP contribution in [0.5, 0.6) is 0 Å². The molecule has 0 aliphatic carbocycles. The fourth-order valence-corrected chi connectivity index (χ4v) is 2.15. The van der Waals surface area contributed by atoms with Crippen LogP contribution in [0.15, 0.2) is 24.3 Å². The van der Waals surface area contributed by atoms with Crippen molar-refractivity contribution < 1.29 is 5.11 Å². The molecule has 0 spiro atoms. The average molecular weight is 242 g/mol. The average Bonchev–Trinajstić information content (AvgIpc) is 2.31. The summed E-state index contributed by atoms with van der Waals surface area (Å²) in [6, 6.07) is 7.94. The van der Waals surface area contributed by atoms with Gasteiger partial charge in [0.1, 0.15) is 0 Å². The van der Waals surface area contributed by atoms with Crippen LogP contribution in [0, 0.1) is 5.92 Å². The molecule has 0 aliphatic heterocycles. The first-order valence-electron chi connectivity index (χ1n) is 5.77. The van der Waals surface area contributed by atoms with Crippen molar-refractivity contribution >= 4 is 11.6 Å². The summed E-state index contributed by atoms with van der Waals surface area (Å²) in [6.45, 7) is 2.84. The van der Waals surface area contributed by atoms with Gasteiger partial charge in [0.05, 0.1) is 0 Å². The van der Waals surface area contributed by atoms with Crippen LogP contribution >= 0.6 is 11.6 Å². The molecule has 0 saturated carbocycles. The summed E-state index contributed by atoms with van der Waals surface area (Å²) in [4.78, 5) is 0. The van der Waals surface area contributed by atoms with Gasteiger partial charge in [-0.2, -0.15) is 0 Å². The third-order valence-electron chi connectivity index (χ3n) is 3.02. The van der Waals surface area contributed by atoms with Gasteiger partial charge >= 0.3 is 0 Å². The molecular formula is C13H20ClNO. The Bertz CT molecular complexity index is 313. The van der Waals surface area contributed by atoms with Gasteiger partial charge in [-0.05, 0) is 48.9 Å². The highest BCUT2D eigenvalue weighted by Gasteiger charge is 2.15. The van der Waals surface area contributed by atoms with Gasteiger partial charge in [0, 0.05) is 11.6 Å². The smallest absolute Gasteiger partial charge is 0.0471 e. The van der Waals surface area contributed by atoms with E-state index in [1.165, 1.54) is 5.56 Å². The maximum Gasteiger partial charge on any atom is 0.0471 e. The Labute approximate surface area is 102 Å². The summed E-state index contributed by atoms with van der Waals surface area (Å²) in [5.41, 5.74) is 6.85. The predicted octanol–water partition coefficient (Wildman–Crippen LogP) is 2.79. The Morgan fingerprint density at radius 2 is 2.19 bits per heavy atom. The number of hydrogen-bond donors (Lipinski definition) is 2. The van der Waals surface area contributed by atoms with E-state index in [4.69, 9.17) is 22.4 Å². The van der Waals surface area contributed by atoms with Gasteiger partial charge in [-0.25, -0.2) is 0 Å². The van der Waals surface area contributed by atoms with Crippen molar-refractivity contribution in [3.63, 3.8) is 0 Å². The molecule has 1 aromatic rings. The topological polar surface area (TPSA) is 46.2 Å². The highest BCUT2D eigenvalue weighted by atomic mass is 35.5. The van der Waals surface area contributed by atoms with Gasteiger partial charge < -0.3 is 10.8 Å². The number of aliphatic hydroxyl groups is 1. The SMILES string of the molecule is CCC(CC(CN)CO)c1cccc(Cl)c1. The first-order chi connectivity index (χ1) is 7.71. The second-order valence-corrected chi connectivity index (χ2v) is 4.62.